The van der Waals surface area contributed by atoms with E-state index in [2.05, 4.69) is 22.0 Å². The SMILES string of the molecule is COc1ccc(Br)cc1C1OCCCC1CN. The lowest BCUT2D eigenvalue weighted by Gasteiger charge is -2.32. The Bertz CT molecular complexity index is 384. The molecule has 1 saturated heterocycles. The largest absolute Gasteiger partial charge is 0.496 e. The van der Waals surface area contributed by atoms with Crippen LogP contribution >= 0.6 is 15.9 Å². The fourth-order valence-corrected chi connectivity index (χ4v) is 2.73. The molecule has 1 aromatic carbocycles. The smallest absolute Gasteiger partial charge is 0.124 e. The molecule has 0 aromatic heterocycles. The first-order valence-corrected chi connectivity index (χ1v) is 6.70. The van der Waals surface area contributed by atoms with Crippen molar-refractivity contribution in [2.24, 2.45) is 11.7 Å². The van der Waals surface area contributed by atoms with Crippen LogP contribution in [0.15, 0.2) is 22.7 Å². The first-order chi connectivity index (χ1) is 8.26. The molecule has 1 heterocycles. The molecule has 1 aliphatic heterocycles. The van der Waals surface area contributed by atoms with Gasteiger partial charge in [-0.15, -0.1) is 0 Å². The van der Waals surface area contributed by atoms with E-state index in [0.29, 0.717) is 12.5 Å². The minimum atomic E-state index is 0.0567. The van der Waals surface area contributed by atoms with Gasteiger partial charge in [-0.1, -0.05) is 15.9 Å². The van der Waals surface area contributed by atoms with Crippen molar-refractivity contribution in [1.29, 1.82) is 0 Å². The van der Waals surface area contributed by atoms with Crippen molar-refractivity contribution in [3.8, 4) is 5.75 Å². The van der Waals surface area contributed by atoms with Crippen LogP contribution in [0.5, 0.6) is 5.75 Å². The molecule has 2 atom stereocenters. The lowest BCUT2D eigenvalue weighted by Crippen LogP contribution is -2.28. The van der Waals surface area contributed by atoms with E-state index in [0.717, 1.165) is 35.2 Å². The van der Waals surface area contributed by atoms with Crippen LogP contribution in [-0.2, 0) is 4.74 Å². The Labute approximate surface area is 110 Å². The number of ether oxygens (including phenoxy) is 2. The molecule has 0 aliphatic carbocycles. The van der Waals surface area contributed by atoms with E-state index in [4.69, 9.17) is 15.2 Å². The maximum absolute atomic E-state index is 5.88. The number of halogens is 1. The third kappa shape index (κ3) is 2.81. The Hall–Kier alpha value is -0.580. The summed E-state index contributed by atoms with van der Waals surface area (Å²) in [6.07, 6.45) is 2.27. The molecule has 0 amide bonds. The van der Waals surface area contributed by atoms with Crippen molar-refractivity contribution in [2.45, 2.75) is 18.9 Å². The third-order valence-corrected chi connectivity index (χ3v) is 3.74. The zero-order valence-corrected chi connectivity index (χ0v) is 11.6. The lowest BCUT2D eigenvalue weighted by atomic mass is 9.89. The van der Waals surface area contributed by atoms with Crippen molar-refractivity contribution in [3.05, 3.63) is 28.2 Å². The molecule has 0 saturated carbocycles. The van der Waals surface area contributed by atoms with Crippen LogP contribution in [0.3, 0.4) is 0 Å². The summed E-state index contributed by atoms with van der Waals surface area (Å²) < 4.78 is 12.3. The van der Waals surface area contributed by atoms with Gasteiger partial charge >= 0.3 is 0 Å². The second kappa shape index (κ2) is 5.85. The summed E-state index contributed by atoms with van der Waals surface area (Å²) in [5, 5.41) is 0. The summed E-state index contributed by atoms with van der Waals surface area (Å²) in [5.74, 6) is 1.26. The highest BCUT2D eigenvalue weighted by Gasteiger charge is 2.28. The fraction of sp³-hybridized carbons (Fsp3) is 0.538. The fourth-order valence-electron chi connectivity index (χ4n) is 2.36. The molecule has 0 radical (unpaired) electrons. The maximum atomic E-state index is 5.88. The second-order valence-electron chi connectivity index (χ2n) is 4.32. The van der Waals surface area contributed by atoms with E-state index in [1.807, 2.05) is 12.1 Å². The van der Waals surface area contributed by atoms with Gasteiger partial charge in [0.05, 0.1) is 13.2 Å². The van der Waals surface area contributed by atoms with Crippen LogP contribution < -0.4 is 10.5 Å². The first-order valence-electron chi connectivity index (χ1n) is 5.91. The molecule has 3 nitrogen and oxygen atoms in total. The van der Waals surface area contributed by atoms with Crippen molar-refractivity contribution in [2.75, 3.05) is 20.3 Å². The molecular weight excluding hydrogens is 282 g/mol. The van der Waals surface area contributed by atoms with Crippen LogP contribution in [0.25, 0.3) is 0 Å². The van der Waals surface area contributed by atoms with Gasteiger partial charge in [-0.05, 0) is 37.6 Å². The monoisotopic (exact) mass is 299 g/mol. The van der Waals surface area contributed by atoms with Crippen molar-refractivity contribution in [3.63, 3.8) is 0 Å². The number of hydrogen-bond acceptors (Lipinski definition) is 3. The molecule has 2 rings (SSSR count). The van der Waals surface area contributed by atoms with E-state index < -0.39 is 0 Å². The highest BCUT2D eigenvalue weighted by molar-refractivity contribution is 9.10. The summed E-state index contributed by atoms with van der Waals surface area (Å²) in [6.45, 7) is 1.46. The Kier molecular flexibility index (Phi) is 4.42. The van der Waals surface area contributed by atoms with Crippen molar-refractivity contribution in [1.82, 2.24) is 0 Å². The van der Waals surface area contributed by atoms with Crippen LogP contribution in [0.4, 0.5) is 0 Å². The number of benzene rings is 1. The van der Waals surface area contributed by atoms with Crippen molar-refractivity contribution < 1.29 is 9.47 Å². The third-order valence-electron chi connectivity index (χ3n) is 3.25. The molecular formula is C13H18BrNO2. The molecule has 2 N–H and O–H groups in total. The molecule has 0 bridgehead atoms. The average molecular weight is 300 g/mol. The minimum absolute atomic E-state index is 0.0567. The number of rotatable bonds is 3. The molecule has 1 aromatic rings. The lowest BCUT2D eigenvalue weighted by molar-refractivity contribution is -0.0263. The molecule has 2 unspecified atom stereocenters. The molecule has 1 aliphatic rings. The predicted octanol–water partition coefficient (Wildman–Crippen LogP) is 2.88. The van der Waals surface area contributed by atoms with Gasteiger partial charge in [0.2, 0.25) is 0 Å². The summed E-state index contributed by atoms with van der Waals surface area (Å²) in [5.41, 5.74) is 6.92. The standard InChI is InChI=1S/C13H18BrNO2/c1-16-12-5-4-10(14)7-11(12)13-9(8-15)3-2-6-17-13/h4-5,7,9,13H,2-3,6,8,15H2,1H3. The van der Waals surface area contributed by atoms with E-state index in [1.54, 1.807) is 7.11 Å². The Morgan fingerprint density at radius 2 is 2.35 bits per heavy atom. The van der Waals surface area contributed by atoms with Crippen LogP contribution in [0.1, 0.15) is 24.5 Å². The van der Waals surface area contributed by atoms with Gasteiger partial charge in [0.1, 0.15) is 5.75 Å². The van der Waals surface area contributed by atoms with Crippen LogP contribution in [-0.4, -0.2) is 20.3 Å². The first kappa shape index (κ1) is 12.9. The van der Waals surface area contributed by atoms with Gasteiger partial charge in [-0.25, -0.2) is 0 Å². The second-order valence-corrected chi connectivity index (χ2v) is 5.23. The van der Waals surface area contributed by atoms with E-state index in [-0.39, 0.29) is 6.10 Å². The maximum Gasteiger partial charge on any atom is 0.124 e. The topological polar surface area (TPSA) is 44.5 Å². The van der Waals surface area contributed by atoms with Gasteiger partial charge in [0, 0.05) is 22.6 Å². The number of nitrogens with two attached hydrogens (primary N) is 1. The van der Waals surface area contributed by atoms with Gasteiger partial charge in [-0.3, -0.25) is 0 Å². The molecule has 0 spiro atoms. The van der Waals surface area contributed by atoms with Gasteiger partial charge in [0.15, 0.2) is 0 Å². The summed E-state index contributed by atoms with van der Waals surface area (Å²) in [6, 6.07) is 6.01. The molecule has 4 heteroatoms. The zero-order valence-electron chi connectivity index (χ0n) is 9.99. The van der Waals surface area contributed by atoms with Gasteiger partial charge < -0.3 is 15.2 Å². The Morgan fingerprint density at radius 3 is 3.06 bits per heavy atom. The molecule has 94 valence electrons. The molecule has 1 fully saturated rings. The van der Waals surface area contributed by atoms with E-state index in [9.17, 15) is 0 Å². The number of hydrogen-bond donors (Lipinski definition) is 1. The minimum Gasteiger partial charge on any atom is -0.496 e. The summed E-state index contributed by atoms with van der Waals surface area (Å²) in [4.78, 5) is 0. The predicted molar refractivity (Wildman–Crippen MR) is 71.2 cm³/mol. The zero-order chi connectivity index (χ0) is 12.3. The highest BCUT2D eigenvalue weighted by Crippen LogP contribution is 2.38. The van der Waals surface area contributed by atoms with Crippen LogP contribution in [0, 0.1) is 5.92 Å². The average Bonchev–Trinajstić information content (AvgIpc) is 2.38. The normalized spacial score (nSPS) is 24.6. The van der Waals surface area contributed by atoms with Crippen molar-refractivity contribution >= 4 is 15.9 Å². The summed E-state index contributed by atoms with van der Waals surface area (Å²) in [7, 11) is 1.69. The highest BCUT2D eigenvalue weighted by atomic mass is 79.9. The van der Waals surface area contributed by atoms with Gasteiger partial charge in [-0.2, -0.15) is 0 Å². The van der Waals surface area contributed by atoms with E-state index >= 15 is 0 Å². The van der Waals surface area contributed by atoms with E-state index in [1.165, 1.54) is 0 Å². The van der Waals surface area contributed by atoms with Gasteiger partial charge in [0.25, 0.3) is 0 Å². The Morgan fingerprint density at radius 1 is 1.53 bits per heavy atom. The quantitative estimate of drug-likeness (QED) is 0.933. The molecule has 17 heavy (non-hydrogen) atoms. The van der Waals surface area contributed by atoms with Crippen LogP contribution in [0.2, 0.25) is 0 Å². The summed E-state index contributed by atoms with van der Waals surface area (Å²) >= 11 is 3.49. The number of methoxy groups -OCH3 is 1. The Balaban J connectivity index is 2.33.